The maximum Gasteiger partial charge on any atom is 0.178 e. The number of hydrogen-bond donors (Lipinski definition) is 0. The van der Waals surface area contributed by atoms with E-state index in [1.807, 2.05) is 19.1 Å². The molecule has 0 fully saturated rings. The lowest BCUT2D eigenvalue weighted by atomic mass is 10.2. The van der Waals surface area contributed by atoms with E-state index in [0.29, 0.717) is 17.4 Å². The van der Waals surface area contributed by atoms with Gasteiger partial charge in [-0.25, -0.2) is 8.42 Å². The van der Waals surface area contributed by atoms with Gasteiger partial charge in [0.25, 0.3) is 0 Å². The van der Waals surface area contributed by atoms with Gasteiger partial charge in [-0.2, -0.15) is 0 Å². The van der Waals surface area contributed by atoms with Gasteiger partial charge in [0.05, 0.1) is 10.6 Å². The Hall–Kier alpha value is -0.550. The van der Waals surface area contributed by atoms with Crippen molar-refractivity contribution in [3.63, 3.8) is 0 Å². The summed E-state index contributed by atoms with van der Waals surface area (Å²) in [4.78, 5) is 2.66. The van der Waals surface area contributed by atoms with E-state index in [9.17, 15) is 8.42 Å². The Balaban J connectivity index is 2.98. The summed E-state index contributed by atoms with van der Waals surface area (Å²) in [5.74, 6) is 0.210. The summed E-state index contributed by atoms with van der Waals surface area (Å²) in [7, 11) is -3.11. The molecule has 0 bridgehead atoms. The maximum atomic E-state index is 12.0. The minimum Gasteiger partial charge on any atom is -0.368 e. The van der Waals surface area contributed by atoms with E-state index < -0.39 is 9.84 Å². The normalized spacial score (nSPS) is 11.8. The van der Waals surface area contributed by atoms with Gasteiger partial charge in [-0.1, -0.05) is 22.9 Å². The van der Waals surface area contributed by atoms with E-state index in [0.717, 1.165) is 17.6 Å². The molecule has 1 aromatic carbocycles. The van der Waals surface area contributed by atoms with Crippen LogP contribution < -0.4 is 4.90 Å². The van der Waals surface area contributed by atoms with Crippen LogP contribution in [-0.4, -0.2) is 32.1 Å². The van der Waals surface area contributed by atoms with Gasteiger partial charge >= 0.3 is 0 Å². The third-order valence-corrected chi connectivity index (χ3v) is 5.24. The van der Waals surface area contributed by atoms with Crippen LogP contribution in [0.3, 0.4) is 0 Å². The minimum atomic E-state index is -3.11. The predicted molar refractivity (Wildman–Crippen MR) is 85.1 cm³/mol. The third-order valence-electron chi connectivity index (χ3n) is 2.95. The van der Waals surface area contributed by atoms with Crippen LogP contribution in [-0.2, 0) is 9.84 Å². The van der Waals surface area contributed by atoms with Gasteiger partial charge in [-0.3, -0.25) is 0 Å². The first kappa shape index (κ1) is 16.5. The van der Waals surface area contributed by atoms with Crippen molar-refractivity contribution in [3.8, 4) is 0 Å². The molecule has 0 aliphatic rings. The molecule has 0 saturated heterocycles. The highest BCUT2D eigenvalue weighted by Gasteiger charge is 2.14. The van der Waals surface area contributed by atoms with Crippen molar-refractivity contribution in [2.24, 2.45) is 0 Å². The summed E-state index contributed by atoms with van der Waals surface area (Å²) in [6.45, 7) is 7.04. The van der Waals surface area contributed by atoms with Gasteiger partial charge in [-0.05, 0) is 44.5 Å². The summed E-state index contributed by atoms with van der Waals surface area (Å²) >= 11 is 3.44. The molecule has 0 saturated carbocycles. The van der Waals surface area contributed by atoms with Crippen LogP contribution in [0.4, 0.5) is 5.69 Å². The molecular weight excluding hydrogens is 326 g/mol. The SMILES string of the molecule is CCCS(=O)(=O)c1ccc(N(CCBr)C(C)C)cc1. The summed E-state index contributed by atoms with van der Waals surface area (Å²) < 4.78 is 23.9. The van der Waals surface area contributed by atoms with Crippen molar-refractivity contribution in [3.05, 3.63) is 24.3 Å². The van der Waals surface area contributed by atoms with E-state index in [1.165, 1.54) is 0 Å². The number of hydrogen-bond acceptors (Lipinski definition) is 3. The van der Waals surface area contributed by atoms with Crippen LogP contribution in [0, 0.1) is 0 Å². The number of halogens is 1. The Morgan fingerprint density at radius 2 is 1.79 bits per heavy atom. The molecule has 0 atom stereocenters. The largest absolute Gasteiger partial charge is 0.368 e. The molecular formula is C14H22BrNO2S. The highest BCUT2D eigenvalue weighted by Crippen LogP contribution is 2.21. The maximum absolute atomic E-state index is 12.0. The lowest BCUT2D eigenvalue weighted by Gasteiger charge is -2.28. The average Bonchev–Trinajstić information content (AvgIpc) is 2.35. The average molecular weight is 348 g/mol. The Morgan fingerprint density at radius 1 is 1.21 bits per heavy atom. The second kappa shape index (κ2) is 7.29. The van der Waals surface area contributed by atoms with Crippen LogP contribution in [0.15, 0.2) is 29.2 Å². The Kier molecular flexibility index (Phi) is 6.33. The van der Waals surface area contributed by atoms with Crippen molar-refractivity contribution < 1.29 is 8.42 Å². The second-order valence-electron chi connectivity index (χ2n) is 4.79. The molecule has 0 radical (unpaired) electrons. The molecule has 19 heavy (non-hydrogen) atoms. The highest BCUT2D eigenvalue weighted by atomic mass is 79.9. The number of alkyl halides is 1. The van der Waals surface area contributed by atoms with Gasteiger partial charge in [-0.15, -0.1) is 0 Å². The van der Waals surface area contributed by atoms with E-state index in [-0.39, 0.29) is 5.75 Å². The second-order valence-corrected chi connectivity index (χ2v) is 7.69. The van der Waals surface area contributed by atoms with Gasteiger partial charge in [0.2, 0.25) is 0 Å². The third kappa shape index (κ3) is 4.49. The first-order valence-electron chi connectivity index (χ1n) is 6.57. The van der Waals surface area contributed by atoms with Crippen LogP contribution in [0.2, 0.25) is 0 Å². The summed E-state index contributed by atoms with van der Waals surface area (Å²) in [5, 5.41) is 0.890. The highest BCUT2D eigenvalue weighted by molar-refractivity contribution is 9.09. The molecule has 0 aliphatic carbocycles. The molecule has 0 spiro atoms. The molecule has 0 aromatic heterocycles. The van der Waals surface area contributed by atoms with E-state index in [2.05, 4.69) is 34.7 Å². The molecule has 5 heteroatoms. The van der Waals surface area contributed by atoms with E-state index >= 15 is 0 Å². The molecule has 0 N–H and O–H groups in total. The smallest absolute Gasteiger partial charge is 0.178 e. The number of sulfone groups is 1. The van der Waals surface area contributed by atoms with Crippen LogP contribution in [0.1, 0.15) is 27.2 Å². The topological polar surface area (TPSA) is 37.4 Å². The van der Waals surface area contributed by atoms with Crippen LogP contribution in [0.25, 0.3) is 0 Å². The van der Waals surface area contributed by atoms with Crippen molar-refractivity contribution in [1.29, 1.82) is 0 Å². The quantitative estimate of drug-likeness (QED) is 0.708. The Bertz CT molecular complexity index is 483. The van der Waals surface area contributed by atoms with Crippen molar-refractivity contribution in [2.75, 3.05) is 22.5 Å². The molecule has 0 unspecified atom stereocenters. The Morgan fingerprint density at radius 3 is 2.21 bits per heavy atom. The van der Waals surface area contributed by atoms with Crippen LogP contribution in [0.5, 0.6) is 0 Å². The van der Waals surface area contributed by atoms with Gasteiger partial charge in [0.1, 0.15) is 0 Å². The molecule has 3 nitrogen and oxygen atoms in total. The molecule has 108 valence electrons. The molecule has 0 heterocycles. The van der Waals surface area contributed by atoms with Crippen molar-refractivity contribution in [2.45, 2.75) is 38.1 Å². The van der Waals surface area contributed by atoms with Crippen molar-refractivity contribution in [1.82, 2.24) is 0 Å². The first-order chi connectivity index (χ1) is 8.92. The number of nitrogens with zero attached hydrogens (tertiary/aromatic N) is 1. The number of benzene rings is 1. The first-order valence-corrected chi connectivity index (χ1v) is 9.35. The molecule has 1 aromatic rings. The lowest BCUT2D eigenvalue weighted by molar-refractivity contribution is 0.594. The fourth-order valence-electron chi connectivity index (χ4n) is 2.01. The van der Waals surface area contributed by atoms with E-state index in [4.69, 9.17) is 0 Å². The fourth-order valence-corrected chi connectivity index (χ4v) is 3.71. The standard InChI is InChI=1S/C14H22BrNO2S/c1-4-11-19(17,18)14-7-5-13(6-8-14)16(10-9-15)12(2)3/h5-8,12H,4,9-11H2,1-3H3. The zero-order valence-corrected chi connectivity index (χ0v) is 14.2. The minimum absolute atomic E-state index is 0.210. The zero-order valence-electron chi connectivity index (χ0n) is 11.8. The van der Waals surface area contributed by atoms with Gasteiger partial charge < -0.3 is 4.90 Å². The number of rotatable bonds is 7. The van der Waals surface area contributed by atoms with Crippen molar-refractivity contribution >= 4 is 31.5 Å². The zero-order chi connectivity index (χ0) is 14.5. The Labute approximate surface area is 125 Å². The monoisotopic (exact) mass is 347 g/mol. The van der Waals surface area contributed by atoms with Gasteiger partial charge in [0.15, 0.2) is 9.84 Å². The number of anilines is 1. The molecule has 0 aliphatic heterocycles. The predicted octanol–water partition coefficient (Wildman–Crippen LogP) is 3.48. The summed E-state index contributed by atoms with van der Waals surface area (Å²) in [6.07, 6.45) is 0.645. The summed E-state index contributed by atoms with van der Waals surface area (Å²) in [6, 6.07) is 7.60. The molecule has 1 rings (SSSR count). The fraction of sp³-hybridized carbons (Fsp3) is 0.571. The summed E-state index contributed by atoms with van der Waals surface area (Å²) in [5.41, 5.74) is 1.06. The lowest BCUT2D eigenvalue weighted by Crippen LogP contribution is -2.32. The van der Waals surface area contributed by atoms with Gasteiger partial charge in [0, 0.05) is 23.6 Å². The molecule has 0 amide bonds. The van der Waals surface area contributed by atoms with Crippen LogP contribution >= 0.6 is 15.9 Å². The van der Waals surface area contributed by atoms with E-state index in [1.54, 1.807) is 12.1 Å².